The highest BCUT2D eigenvalue weighted by atomic mass is 32.2. The summed E-state index contributed by atoms with van der Waals surface area (Å²) in [5.74, 6) is -1.16. The average Bonchev–Trinajstić information content (AvgIpc) is 3.24. The molecule has 1 aromatic heterocycles. The predicted molar refractivity (Wildman–Crippen MR) is 103 cm³/mol. The highest BCUT2D eigenvalue weighted by molar-refractivity contribution is 7.89. The van der Waals surface area contributed by atoms with Gasteiger partial charge in [0.15, 0.2) is 11.8 Å². The van der Waals surface area contributed by atoms with Crippen molar-refractivity contribution in [2.45, 2.75) is 23.9 Å². The van der Waals surface area contributed by atoms with Gasteiger partial charge in [0.2, 0.25) is 10.0 Å². The van der Waals surface area contributed by atoms with Gasteiger partial charge in [-0.1, -0.05) is 24.3 Å². The van der Waals surface area contributed by atoms with E-state index in [4.69, 9.17) is 4.42 Å². The van der Waals surface area contributed by atoms with Crippen molar-refractivity contribution in [1.82, 2.24) is 4.72 Å². The molecule has 1 aliphatic heterocycles. The van der Waals surface area contributed by atoms with Crippen molar-refractivity contribution in [3.8, 4) is 0 Å². The molecular weight excluding hydrogens is 398 g/mol. The lowest BCUT2D eigenvalue weighted by Gasteiger charge is -2.31. The predicted octanol–water partition coefficient (Wildman–Crippen LogP) is 2.22. The van der Waals surface area contributed by atoms with Crippen LogP contribution in [0.2, 0.25) is 0 Å². The first-order valence-corrected chi connectivity index (χ1v) is 10.8. The van der Waals surface area contributed by atoms with Gasteiger partial charge in [-0.15, -0.1) is 0 Å². The normalized spacial score (nSPS) is 17.7. The average molecular weight is 419 g/mol. The molecule has 2 N–H and O–H groups in total. The lowest BCUT2D eigenvalue weighted by Crippen LogP contribution is -3.12. The van der Waals surface area contributed by atoms with Crippen molar-refractivity contribution < 1.29 is 26.5 Å². The van der Waals surface area contributed by atoms with Crippen molar-refractivity contribution in [3.63, 3.8) is 0 Å². The van der Waals surface area contributed by atoms with Crippen molar-refractivity contribution in [1.29, 1.82) is 0 Å². The molecule has 2 atom stereocenters. The van der Waals surface area contributed by atoms with Crippen LogP contribution in [0.25, 0.3) is 0 Å². The number of hydrogen-bond donors (Lipinski definition) is 2. The highest BCUT2D eigenvalue weighted by Crippen LogP contribution is 2.18. The first-order valence-electron chi connectivity index (χ1n) is 9.33. The molecule has 3 aromatic rings. The fourth-order valence-corrected chi connectivity index (χ4v) is 4.92. The summed E-state index contributed by atoms with van der Waals surface area (Å²) < 4.78 is 60.6. The number of sulfonamides is 1. The van der Waals surface area contributed by atoms with E-state index in [2.05, 4.69) is 16.9 Å². The lowest BCUT2D eigenvalue weighted by atomic mass is 9.98. The molecule has 1 unspecified atom stereocenters. The molecule has 2 aromatic carbocycles. The van der Waals surface area contributed by atoms with Gasteiger partial charge in [0.1, 0.15) is 23.1 Å². The van der Waals surface area contributed by atoms with Crippen LogP contribution in [-0.4, -0.2) is 21.5 Å². The Kier molecular flexibility index (Phi) is 5.49. The van der Waals surface area contributed by atoms with Crippen LogP contribution in [0, 0.1) is 11.6 Å². The highest BCUT2D eigenvalue weighted by Gasteiger charge is 2.32. The number of hydrogen-bond acceptors (Lipinski definition) is 3. The summed E-state index contributed by atoms with van der Waals surface area (Å²) in [6.07, 6.45) is 2.41. The third-order valence-corrected chi connectivity index (χ3v) is 6.73. The lowest BCUT2D eigenvalue weighted by molar-refractivity contribution is -0.946. The molecule has 0 saturated heterocycles. The zero-order chi connectivity index (χ0) is 20.4. The summed E-state index contributed by atoms with van der Waals surface area (Å²) in [4.78, 5) is 0.441. The topological polar surface area (TPSA) is 63.8 Å². The van der Waals surface area contributed by atoms with Crippen molar-refractivity contribution in [2.75, 3.05) is 13.1 Å². The molecule has 29 heavy (non-hydrogen) atoms. The van der Waals surface area contributed by atoms with Crippen LogP contribution in [0.4, 0.5) is 8.78 Å². The first-order chi connectivity index (χ1) is 13.9. The zero-order valence-corrected chi connectivity index (χ0v) is 16.4. The maximum absolute atomic E-state index is 14.0. The van der Waals surface area contributed by atoms with Crippen LogP contribution in [0.15, 0.2) is 70.2 Å². The maximum Gasteiger partial charge on any atom is 0.243 e. The van der Waals surface area contributed by atoms with Gasteiger partial charge in [-0.3, -0.25) is 0 Å². The first kappa shape index (κ1) is 19.8. The molecule has 0 bridgehead atoms. The van der Waals surface area contributed by atoms with Crippen LogP contribution in [0.3, 0.4) is 0 Å². The van der Waals surface area contributed by atoms with E-state index in [0.717, 1.165) is 36.5 Å². The Bertz CT molecular complexity index is 1100. The Labute approximate surface area is 168 Å². The van der Waals surface area contributed by atoms with E-state index in [9.17, 15) is 17.2 Å². The fraction of sp³-hybridized carbons (Fsp3) is 0.238. The Morgan fingerprint density at radius 2 is 1.86 bits per heavy atom. The van der Waals surface area contributed by atoms with E-state index < -0.39 is 26.6 Å². The van der Waals surface area contributed by atoms with Gasteiger partial charge in [-0.25, -0.2) is 21.9 Å². The van der Waals surface area contributed by atoms with Gasteiger partial charge < -0.3 is 9.32 Å². The summed E-state index contributed by atoms with van der Waals surface area (Å²) >= 11 is 0. The molecule has 152 valence electrons. The van der Waals surface area contributed by atoms with Crippen LogP contribution < -0.4 is 9.62 Å². The second-order valence-electron chi connectivity index (χ2n) is 7.10. The van der Waals surface area contributed by atoms with E-state index in [1.54, 1.807) is 18.4 Å². The number of fused-ring (bicyclic) bond motifs is 1. The minimum absolute atomic E-state index is 0.00327. The Balaban J connectivity index is 1.57. The quantitative estimate of drug-likeness (QED) is 0.644. The Morgan fingerprint density at radius 3 is 2.62 bits per heavy atom. The van der Waals surface area contributed by atoms with E-state index in [-0.39, 0.29) is 12.6 Å². The van der Waals surface area contributed by atoms with Crippen LogP contribution in [-0.2, 0) is 23.0 Å². The van der Waals surface area contributed by atoms with Gasteiger partial charge in [0.25, 0.3) is 0 Å². The van der Waals surface area contributed by atoms with Crippen molar-refractivity contribution in [3.05, 3.63) is 89.4 Å². The molecule has 0 aliphatic carbocycles. The number of halogens is 2. The summed E-state index contributed by atoms with van der Waals surface area (Å²) in [5, 5.41) is 0. The zero-order valence-electron chi connectivity index (χ0n) is 15.6. The number of benzene rings is 2. The Hall–Kier alpha value is -2.55. The van der Waals surface area contributed by atoms with Crippen LogP contribution in [0.1, 0.15) is 22.9 Å². The van der Waals surface area contributed by atoms with Gasteiger partial charge >= 0.3 is 0 Å². The molecule has 0 spiro atoms. The molecule has 0 saturated carbocycles. The van der Waals surface area contributed by atoms with Gasteiger partial charge in [-0.2, -0.15) is 0 Å². The third-order valence-electron chi connectivity index (χ3n) is 5.29. The monoisotopic (exact) mass is 419 g/mol. The number of quaternary nitrogens is 1. The second kappa shape index (κ2) is 8.06. The van der Waals surface area contributed by atoms with E-state index >= 15 is 0 Å². The third kappa shape index (κ3) is 4.24. The molecule has 5 nitrogen and oxygen atoms in total. The van der Waals surface area contributed by atoms with Crippen LogP contribution >= 0.6 is 0 Å². The second-order valence-corrected chi connectivity index (χ2v) is 8.83. The number of furan rings is 1. The standard InChI is InChI=1S/C21H20F2N2O3S/c22-17-7-8-18(23)21(12-17)29(26,27)24-13-19(20-6-3-11-28-20)25-10-9-15-4-1-2-5-16(15)14-25/h1-8,11-12,19,24H,9-10,13-14H2/p+1/t19-/m0/s1. The molecular formula is C21H21F2N2O3S+. The fourth-order valence-electron chi connectivity index (χ4n) is 3.79. The molecule has 0 amide bonds. The van der Waals surface area contributed by atoms with Crippen molar-refractivity contribution in [2.24, 2.45) is 0 Å². The summed E-state index contributed by atoms with van der Waals surface area (Å²) in [6.45, 7) is 1.53. The van der Waals surface area contributed by atoms with Crippen LogP contribution in [0.5, 0.6) is 0 Å². The molecule has 2 heterocycles. The van der Waals surface area contributed by atoms with E-state index in [1.165, 1.54) is 11.1 Å². The number of nitrogens with one attached hydrogen (secondary N) is 2. The maximum atomic E-state index is 14.0. The number of rotatable bonds is 6. The minimum atomic E-state index is -4.22. The molecule has 0 fully saturated rings. The summed E-state index contributed by atoms with van der Waals surface area (Å²) in [5.41, 5.74) is 2.50. The van der Waals surface area contributed by atoms with Crippen molar-refractivity contribution >= 4 is 10.0 Å². The molecule has 1 aliphatic rings. The summed E-state index contributed by atoms with van der Waals surface area (Å²) in [7, 11) is -4.22. The van der Waals surface area contributed by atoms with Gasteiger partial charge in [-0.05, 0) is 35.9 Å². The Morgan fingerprint density at radius 1 is 1.07 bits per heavy atom. The molecule has 4 rings (SSSR count). The minimum Gasteiger partial charge on any atom is -0.463 e. The largest absolute Gasteiger partial charge is 0.463 e. The van der Waals surface area contributed by atoms with E-state index in [0.29, 0.717) is 11.8 Å². The van der Waals surface area contributed by atoms with E-state index in [1.807, 2.05) is 12.1 Å². The molecule has 8 heteroatoms. The summed E-state index contributed by atoms with van der Waals surface area (Å²) in [6, 6.07) is 13.8. The molecule has 0 radical (unpaired) electrons. The van der Waals surface area contributed by atoms with Gasteiger partial charge in [0.05, 0.1) is 19.4 Å². The smallest absolute Gasteiger partial charge is 0.243 e. The van der Waals surface area contributed by atoms with Gasteiger partial charge in [0, 0.05) is 12.0 Å². The SMILES string of the molecule is O=S(=O)(NC[C@@H](c1ccco1)[NH+]1CCc2ccccc2C1)c1cc(F)ccc1F.